The van der Waals surface area contributed by atoms with Crippen LogP contribution in [0.15, 0.2) is 30.3 Å². The maximum absolute atomic E-state index is 13.6. The summed E-state index contributed by atoms with van der Waals surface area (Å²) >= 11 is 0. The Balaban J connectivity index is 2.07. The number of carbonyl (C=O) groups is 5. The topological polar surface area (TPSA) is 161 Å². The molecule has 1 aliphatic heterocycles. The highest BCUT2D eigenvalue weighted by atomic mass is 16.6. The molecule has 1 N–H and O–H groups in total. The molecule has 2 aliphatic carbocycles. The second-order valence-corrected chi connectivity index (χ2v) is 11.8. The summed E-state index contributed by atoms with van der Waals surface area (Å²) in [6.45, 7) is 9.05. The van der Waals surface area contributed by atoms with Gasteiger partial charge >= 0.3 is 29.8 Å². The predicted octanol–water partition coefficient (Wildman–Crippen LogP) is 2.13. The van der Waals surface area contributed by atoms with Crippen molar-refractivity contribution in [2.24, 2.45) is 17.3 Å². The SMILES string of the molecule is CC(=O)O[C@@H]1[C@@H]2[C@@H](OC(C)=O)[C@]3(OC2(C)C)[C@H](C)C[C@H](OC(C)=O)[C@H](OC(C)=O)[C@@]3(CO)[C@H]1OC(=O)c1ccccc1. The Kier molecular flexibility index (Phi) is 8.45. The quantitative estimate of drug-likeness (QED) is 0.364. The van der Waals surface area contributed by atoms with E-state index in [9.17, 15) is 29.1 Å². The maximum Gasteiger partial charge on any atom is 0.338 e. The van der Waals surface area contributed by atoms with E-state index in [1.165, 1.54) is 32.9 Å². The van der Waals surface area contributed by atoms with E-state index in [-0.39, 0.29) is 12.0 Å². The predicted molar refractivity (Wildman–Crippen MR) is 143 cm³/mol. The van der Waals surface area contributed by atoms with Crippen molar-refractivity contribution in [1.82, 2.24) is 0 Å². The minimum absolute atomic E-state index is 0.0808. The summed E-state index contributed by atoms with van der Waals surface area (Å²) in [5.41, 5.74) is -4.62. The van der Waals surface area contributed by atoms with Crippen molar-refractivity contribution < 1.29 is 57.5 Å². The number of benzene rings is 1. The molecule has 3 fully saturated rings. The van der Waals surface area contributed by atoms with Gasteiger partial charge in [-0.1, -0.05) is 25.1 Å². The lowest BCUT2D eigenvalue weighted by Crippen LogP contribution is -2.81. The molecule has 230 valence electrons. The molecule has 3 aliphatic rings. The zero-order valence-corrected chi connectivity index (χ0v) is 24.8. The van der Waals surface area contributed by atoms with Gasteiger partial charge < -0.3 is 33.5 Å². The summed E-state index contributed by atoms with van der Waals surface area (Å²) in [6.07, 6.45) is -6.53. The van der Waals surface area contributed by atoms with Crippen LogP contribution in [0.25, 0.3) is 0 Å². The van der Waals surface area contributed by atoms with Crippen LogP contribution in [0.4, 0.5) is 0 Å². The fourth-order valence-corrected chi connectivity index (χ4v) is 7.61. The molecule has 42 heavy (non-hydrogen) atoms. The summed E-state index contributed by atoms with van der Waals surface area (Å²) in [4.78, 5) is 63.6. The fraction of sp³-hybridized carbons (Fsp3) is 0.633. The van der Waals surface area contributed by atoms with Crippen molar-refractivity contribution in [1.29, 1.82) is 0 Å². The largest absolute Gasteiger partial charge is 0.459 e. The molecule has 12 heteroatoms. The number of carbonyl (C=O) groups excluding carboxylic acids is 5. The Bertz CT molecular complexity index is 1240. The Morgan fingerprint density at radius 3 is 1.88 bits per heavy atom. The second kappa shape index (κ2) is 11.3. The highest BCUT2D eigenvalue weighted by molar-refractivity contribution is 5.89. The third-order valence-electron chi connectivity index (χ3n) is 8.74. The first-order chi connectivity index (χ1) is 19.6. The molecule has 2 bridgehead atoms. The highest BCUT2D eigenvalue weighted by Crippen LogP contribution is 2.68. The van der Waals surface area contributed by atoms with Gasteiger partial charge in [-0.15, -0.1) is 0 Å². The van der Waals surface area contributed by atoms with Gasteiger partial charge in [0.2, 0.25) is 0 Å². The minimum Gasteiger partial charge on any atom is -0.459 e. The Morgan fingerprint density at radius 1 is 0.810 bits per heavy atom. The minimum atomic E-state index is -1.95. The zero-order chi connectivity index (χ0) is 31.2. The zero-order valence-electron chi connectivity index (χ0n) is 24.8. The number of hydrogen-bond donors (Lipinski definition) is 1. The molecule has 1 spiro atoms. The first-order valence-corrected chi connectivity index (χ1v) is 13.9. The van der Waals surface area contributed by atoms with Gasteiger partial charge in [0.25, 0.3) is 0 Å². The van der Waals surface area contributed by atoms with Gasteiger partial charge in [-0.05, 0) is 38.3 Å². The van der Waals surface area contributed by atoms with Crippen molar-refractivity contribution in [3.63, 3.8) is 0 Å². The third kappa shape index (κ3) is 4.94. The molecular formula is C30H38O12. The molecule has 4 rings (SSSR count). The van der Waals surface area contributed by atoms with E-state index < -0.39 is 95.4 Å². The molecule has 1 heterocycles. The smallest absolute Gasteiger partial charge is 0.338 e. The Labute approximate surface area is 243 Å². The molecule has 0 radical (unpaired) electrons. The summed E-state index contributed by atoms with van der Waals surface area (Å²) in [6, 6.07) is 8.04. The van der Waals surface area contributed by atoms with Crippen LogP contribution < -0.4 is 0 Å². The Hall–Kier alpha value is -3.51. The normalized spacial score (nSPS) is 36.1. The standard InChI is InChI=1S/C30H38O12/c1-15-13-21(37-16(2)32)24(39-18(4)34)29(14-31)26(41-27(36)20-11-9-8-10-12-20)23(38-17(3)33)22-25(40-19(5)35)30(15,29)42-28(22,6)7/h8-12,15,21-26,31H,13-14H2,1-7H3/t15-,21+,22-,23-,24+,25-,26+,29+,30-/m1/s1. The molecule has 1 aromatic rings. The maximum atomic E-state index is 13.6. The lowest BCUT2D eigenvalue weighted by Gasteiger charge is -2.64. The third-order valence-corrected chi connectivity index (χ3v) is 8.74. The van der Waals surface area contributed by atoms with Crippen LogP contribution >= 0.6 is 0 Å². The van der Waals surface area contributed by atoms with Crippen molar-refractivity contribution in [2.45, 2.75) is 96.6 Å². The summed E-state index contributed by atoms with van der Waals surface area (Å²) in [7, 11) is 0. The number of aliphatic hydroxyl groups is 1. The van der Waals surface area contributed by atoms with E-state index in [1.54, 1.807) is 39.0 Å². The number of ether oxygens (including phenoxy) is 6. The average molecular weight is 591 g/mol. The molecule has 0 amide bonds. The van der Waals surface area contributed by atoms with Crippen molar-refractivity contribution >= 4 is 29.8 Å². The van der Waals surface area contributed by atoms with Gasteiger partial charge in [-0.3, -0.25) is 19.2 Å². The Morgan fingerprint density at radius 2 is 1.36 bits per heavy atom. The molecule has 9 atom stereocenters. The first kappa shape index (κ1) is 31.4. The van der Waals surface area contributed by atoms with Crippen molar-refractivity contribution in [3.05, 3.63) is 35.9 Å². The summed E-state index contributed by atoms with van der Waals surface area (Å²) in [5, 5.41) is 11.5. The van der Waals surface area contributed by atoms with Crippen LogP contribution in [0, 0.1) is 17.3 Å². The molecular weight excluding hydrogens is 552 g/mol. The first-order valence-electron chi connectivity index (χ1n) is 13.9. The highest BCUT2D eigenvalue weighted by Gasteiger charge is 2.85. The molecule has 0 aromatic heterocycles. The van der Waals surface area contributed by atoms with E-state index in [0.717, 1.165) is 6.92 Å². The molecule has 1 saturated heterocycles. The van der Waals surface area contributed by atoms with Gasteiger partial charge in [0.05, 0.1) is 23.7 Å². The monoisotopic (exact) mass is 590 g/mol. The fourth-order valence-electron chi connectivity index (χ4n) is 7.61. The van der Waals surface area contributed by atoms with E-state index in [2.05, 4.69) is 0 Å². The average Bonchev–Trinajstić information content (AvgIpc) is 3.07. The number of aliphatic hydroxyl groups excluding tert-OH is 1. The lowest BCUT2D eigenvalue weighted by atomic mass is 9.47. The molecule has 1 aromatic carbocycles. The molecule has 12 nitrogen and oxygen atoms in total. The summed E-state index contributed by atoms with van der Waals surface area (Å²) < 4.78 is 36.2. The van der Waals surface area contributed by atoms with E-state index in [0.29, 0.717) is 0 Å². The van der Waals surface area contributed by atoms with Crippen LogP contribution in [0.2, 0.25) is 0 Å². The number of hydrogen-bond acceptors (Lipinski definition) is 12. The molecule has 0 unspecified atom stereocenters. The van der Waals surface area contributed by atoms with Gasteiger partial charge in [0.15, 0.2) is 12.2 Å². The van der Waals surface area contributed by atoms with E-state index in [4.69, 9.17) is 28.4 Å². The van der Waals surface area contributed by atoms with Crippen LogP contribution in [-0.2, 0) is 47.6 Å². The lowest BCUT2D eigenvalue weighted by molar-refractivity contribution is -0.329. The number of rotatable bonds is 7. The van der Waals surface area contributed by atoms with Gasteiger partial charge in [0, 0.05) is 27.7 Å². The number of esters is 5. The van der Waals surface area contributed by atoms with Crippen LogP contribution in [0.5, 0.6) is 0 Å². The van der Waals surface area contributed by atoms with Crippen LogP contribution in [0.1, 0.15) is 65.2 Å². The van der Waals surface area contributed by atoms with Gasteiger partial charge in [0.1, 0.15) is 29.3 Å². The molecule has 2 saturated carbocycles. The second-order valence-electron chi connectivity index (χ2n) is 11.8. The summed E-state index contributed by atoms with van der Waals surface area (Å²) in [5.74, 6) is -5.20. The van der Waals surface area contributed by atoms with E-state index >= 15 is 0 Å². The number of fused-ring (bicyclic) bond motifs is 1. The van der Waals surface area contributed by atoms with Crippen molar-refractivity contribution in [3.8, 4) is 0 Å². The van der Waals surface area contributed by atoms with Crippen molar-refractivity contribution in [2.75, 3.05) is 6.61 Å². The van der Waals surface area contributed by atoms with Gasteiger partial charge in [-0.2, -0.15) is 0 Å². The van der Waals surface area contributed by atoms with E-state index in [1.807, 2.05) is 0 Å². The van der Waals surface area contributed by atoms with Crippen LogP contribution in [-0.4, -0.2) is 83.3 Å². The van der Waals surface area contributed by atoms with Crippen LogP contribution in [0.3, 0.4) is 0 Å². The van der Waals surface area contributed by atoms with Gasteiger partial charge in [-0.25, -0.2) is 4.79 Å².